The van der Waals surface area contributed by atoms with Crippen molar-refractivity contribution >= 4 is 12.0 Å². The summed E-state index contributed by atoms with van der Waals surface area (Å²) >= 11 is 0. The van der Waals surface area contributed by atoms with Gasteiger partial charge in [0.05, 0.1) is 19.1 Å². The Kier molecular flexibility index (Phi) is 6.01. The molecule has 1 aliphatic heterocycles. The second-order valence-corrected chi connectivity index (χ2v) is 5.95. The minimum atomic E-state index is -0.302. The number of nitrogens with zero attached hydrogens (tertiary/aromatic N) is 2. The molecule has 1 N–H and O–H groups in total. The number of hydrogen-bond acceptors (Lipinski definition) is 5. The number of likely N-dealkylation sites (tertiary alicyclic amines) is 1. The van der Waals surface area contributed by atoms with Crippen LogP contribution in [-0.4, -0.2) is 41.8 Å². The van der Waals surface area contributed by atoms with Crippen LogP contribution < -0.4 is 5.32 Å². The molecule has 1 aromatic heterocycles. The van der Waals surface area contributed by atoms with Gasteiger partial charge in [-0.25, -0.2) is 4.79 Å². The number of carbonyl (C=O) groups excluding carboxylic acids is 2. The third-order valence-corrected chi connectivity index (χ3v) is 3.88. The number of hydrogen-bond donors (Lipinski definition) is 1. The van der Waals surface area contributed by atoms with E-state index >= 15 is 0 Å². The van der Waals surface area contributed by atoms with Crippen molar-refractivity contribution in [3.63, 3.8) is 0 Å². The zero-order valence-electron chi connectivity index (χ0n) is 14.0. The third kappa shape index (κ3) is 4.46. The molecule has 0 saturated carbocycles. The summed E-state index contributed by atoms with van der Waals surface area (Å²) in [6.45, 7) is 7.15. The SMILES string of the molecule is CCOC(=O)CCNC(=O)N1CCC[C@@H]1c1cc(C(C)C)on1. The van der Waals surface area contributed by atoms with Crippen molar-refractivity contribution < 1.29 is 18.8 Å². The standard InChI is InChI=1S/C16H25N3O4/c1-4-22-15(20)7-8-17-16(21)19-9-5-6-13(19)12-10-14(11(2)3)23-18-12/h10-11,13H,4-9H2,1-3H3,(H,17,21)/t13-/m1/s1. The molecule has 0 aliphatic carbocycles. The molecular weight excluding hydrogens is 298 g/mol. The summed E-state index contributed by atoms with van der Waals surface area (Å²) in [6, 6.07) is 1.69. The molecule has 1 saturated heterocycles. The normalized spacial score (nSPS) is 17.6. The van der Waals surface area contributed by atoms with E-state index in [1.165, 1.54) is 0 Å². The van der Waals surface area contributed by atoms with Crippen LogP contribution in [0.2, 0.25) is 0 Å². The van der Waals surface area contributed by atoms with E-state index in [0.29, 0.717) is 13.2 Å². The molecule has 7 heteroatoms. The number of ether oxygens (including phenoxy) is 1. The Bertz CT molecular complexity index is 541. The van der Waals surface area contributed by atoms with Gasteiger partial charge in [-0.1, -0.05) is 19.0 Å². The molecule has 2 rings (SSSR count). The average molecular weight is 323 g/mol. The van der Waals surface area contributed by atoms with Gasteiger partial charge in [-0.2, -0.15) is 0 Å². The monoisotopic (exact) mass is 323 g/mol. The molecule has 0 radical (unpaired) electrons. The van der Waals surface area contributed by atoms with Crippen molar-refractivity contribution in [1.29, 1.82) is 0 Å². The van der Waals surface area contributed by atoms with Gasteiger partial charge in [0.15, 0.2) is 0 Å². The second-order valence-electron chi connectivity index (χ2n) is 5.95. The molecule has 0 spiro atoms. The van der Waals surface area contributed by atoms with Gasteiger partial charge in [-0.3, -0.25) is 4.79 Å². The van der Waals surface area contributed by atoms with Gasteiger partial charge >= 0.3 is 12.0 Å². The lowest BCUT2D eigenvalue weighted by Crippen LogP contribution is -2.40. The fourth-order valence-electron chi connectivity index (χ4n) is 2.66. The minimum absolute atomic E-state index is 0.0613. The quantitative estimate of drug-likeness (QED) is 0.813. The number of urea groups is 1. The van der Waals surface area contributed by atoms with Crippen LogP contribution in [0.3, 0.4) is 0 Å². The number of amides is 2. The molecule has 0 unspecified atom stereocenters. The van der Waals surface area contributed by atoms with Gasteiger partial charge in [0.25, 0.3) is 0 Å². The minimum Gasteiger partial charge on any atom is -0.466 e. The van der Waals surface area contributed by atoms with Crippen molar-refractivity contribution in [3.05, 3.63) is 17.5 Å². The smallest absolute Gasteiger partial charge is 0.317 e. The summed E-state index contributed by atoms with van der Waals surface area (Å²) in [7, 11) is 0. The Labute approximate surface area is 136 Å². The van der Waals surface area contributed by atoms with Gasteiger partial charge in [0.2, 0.25) is 0 Å². The Morgan fingerprint density at radius 1 is 1.52 bits per heavy atom. The van der Waals surface area contributed by atoms with E-state index in [-0.39, 0.29) is 36.9 Å². The first-order valence-corrected chi connectivity index (χ1v) is 8.19. The van der Waals surface area contributed by atoms with Crippen LogP contribution in [-0.2, 0) is 9.53 Å². The van der Waals surface area contributed by atoms with Gasteiger partial charge in [-0.15, -0.1) is 0 Å². The lowest BCUT2D eigenvalue weighted by atomic mass is 10.1. The number of esters is 1. The second kappa shape index (κ2) is 7.99. The van der Waals surface area contributed by atoms with Crippen molar-refractivity contribution in [2.45, 2.75) is 52.0 Å². The Morgan fingerprint density at radius 2 is 2.30 bits per heavy atom. The zero-order valence-corrected chi connectivity index (χ0v) is 14.0. The van der Waals surface area contributed by atoms with E-state index in [1.807, 2.05) is 19.9 Å². The highest BCUT2D eigenvalue weighted by Crippen LogP contribution is 2.32. The largest absolute Gasteiger partial charge is 0.466 e. The lowest BCUT2D eigenvalue weighted by Gasteiger charge is -2.23. The van der Waals surface area contributed by atoms with Crippen LogP contribution in [0.5, 0.6) is 0 Å². The predicted octanol–water partition coefficient (Wildman–Crippen LogP) is 2.60. The molecule has 2 amide bonds. The van der Waals surface area contributed by atoms with E-state index < -0.39 is 0 Å². The van der Waals surface area contributed by atoms with Gasteiger partial charge < -0.3 is 19.5 Å². The Morgan fingerprint density at radius 3 is 2.96 bits per heavy atom. The maximum absolute atomic E-state index is 12.3. The van der Waals surface area contributed by atoms with E-state index in [2.05, 4.69) is 10.5 Å². The van der Waals surface area contributed by atoms with Crippen LogP contribution in [0.15, 0.2) is 10.6 Å². The highest BCUT2D eigenvalue weighted by Gasteiger charge is 2.32. The highest BCUT2D eigenvalue weighted by molar-refractivity contribution is 5.76. The maximum atomic E-state index is 12.3. The molecule has 1 fully saturated rings. The molecule has 0 bridgehead atoms. The summed E-state index contributed by atoms with van der Waals surface area (Å²) in [5.74, 6) is 0.794. The van der Waals surface area contributed by atoms with Crippen molar-refractivity contribution in [2.75, 3.05) is 19.7 Å². The Balaban J connectivity index is 1.90. The van der Waals surface area contributed by atoms with E-state index in [1.54, 1.807) is 11.8 Å². The van der Waals surface area contributed by atoms with Gasteiger partial charge in [0, 0.05) is 25.1 Å². The topological polar surface area (TPSA) is 84.7 Å². The fourth-order valence-corrected chi connectivity index (χ4v) is 2.66. The molecule has 1 atom stereocenters. The van der Waals surface area contributed by atoms with Crippen molar-refractivity contribution in [1.82, 2.24) is 15.4 Å². The van der Waals surface area contributed by atoms with E-state index in [0.717, 1.165) is 24.3 Å². The van der Waals surface area contributed by atoms with Gasteiger partial charge in [0.1, 0.15) is 11.5 Å². The molecule has 1 aliphatic rings. The number of nitrogens with one attached hydrogen (secondary N) is 1. The average Bonchev–Trinajstić information content (AvgIpc) is 3.16. The summed E-state index contributed by atoms with van der Waals surface area (Å²) in [4.78, 5) is 25.4. The summed E-state index contributed by atoms with van der Waals surface area (Å²) < 4.78 is 10.2. The van der Waals surface area contributed by atoms with E-state index in [9.17, 15) is 9.59 Å². The van der Waals surface area contributed by atoms with Gasteiger partial charge in [-0.05, 0) is 19.8 Å². The zero-order chi connectivity index (χ0) is 16.8. The van der Waals surface area contributed by atoms with Crippen LogP contribution in [0.25, 0.3) is 0 Å². The molecule has 7 nitrogen and oxygen atoms in total. The first kappa shape index (κ1) is 17.3. The first-order valence-electron chi connectivity index (χ1n) is 8.19. The number of carbonyl (C=O) groups is 2. The Hall–Kier alpha value is -2.05. The molecule has 0 aromatic carbocycles. The molecule has 2 heterocycles. The van der Waals surface area contributed by atoms with Crippen molar-refractivity contribution in [3.8, 4) is 0 Å². The maximum Gasteiger partial charge on any atom is 0.317 e. The number of rotatable bonds is 6. The first-order chi connectivity index (χ1) is 11.0. The predicted molar refractivity (Wildman–Crippen MR) is 83.9 cm³/mol. The molecular formula is C16H25N3O4. The van der Waals surface area contributed by atoms with Crippen molar-refractivity contribution in [2.24, 2.45) is 0 Å². The van der Waals surface area contributed by atoms with Crippen LogP contribution >= 0.6 is 0 Å². The highest BCUT2D eigenvalue weighted by atomic mass is 16.5. The lowest BCUT2D eigenvalue weighted by molar-refractivity contribution is -0.142. The fraction of sp³-hybridized carbons (Fsp3) is 0.688. The van der Waals surface area contributed by atoms with E-state index in [4.69, 9.17) is 9.26 Å². The molecule has 23 heavy (non-hydrogen) atoms. The molecule has 1 aromatic rings. The third-order valence-electron chi connectivity index (χ3n) is 3.88. The number of aromatic nitrogens is 1. The molecule has 128 valence electrons. The van der Waals surface area contributed by atoms with Crippen LogP contribution in [0, 0.1) is 0 Å². The summed E-state index contributed by atoms with van der Waals surface area (Å²) in [5, 5.41) is 6.89. The van der Waals surface area contributed by atoms with Crippen LogP contribution in [0.4, 0.5) is 4.79 Å². The summed E-state index contributed by atoms with van der Waals surface area (Å²) in [6.07, 6.45) is 1.98. The summed E-state index contributed by atoms with van der Waals surface area (Å²) in [5.41, 5.74) is 0.798. The van der Waals surface area contributed by atoms with Crippen LogP contribution in [0.1, 0.15) is 63.4 Å².